The van der Waals surface area contributed by atoms with Crippen LogP contribution in [0.1, 0.15) is 55.6 Å². The number of aryl methyl sites for hydroxylation is 1. The molecule has 0 fully saturated rings. The van der Waals surface area contributed by atoms with E-state index >= 15 is 0 Å². The molecular weight excluding hydrogens is 516 g/mol. The van der Waals surface area contributed by atoms with Gasteiger partial charge in [0.15, 0.2) is 17.5 Å². The van der Waals surface area contributed by atoms with E-state index in [1.54, 1.807) is 12.1 Å². The first-order chi connectivity index (χ1) is 19.1. The van der Waals surface area contributed by atoms with Crippen LogP contribution < -0.4 is 26.2 Å². The number of halogens is 2. The minimum atomic E-state index is -1.16. The largest absolute Gasteiger partial charge is 0.354 e. The lowest BCUT2D eigenvalue weighted by Gasteiger charge is -2.31. The molecule has 1 aliphatic rings. The van der Waals surface area contributed by atoms with Crippen molar-refractivity contribution in [3.8, 4) is 11.3 Å². The minimum absolute atomic E-state index is 0.0463. The number of fused-ring (bicyclic) bond motifs is 1. The highest BCUT2D eigenvalue weighted by molar-refractivity contribution is 6.02. The van der Waals surface area contributed by atoms with Gasteiger partial charge in [0.2, 0.25) is 5.95 Å². The van der Waals surface area contributed by atoms with Gasteiger partial charge in [-0.15, -0.1) is 0 Å². The van der Waals surface area contributed by atoms with Crippen molar-refractivity contribution in [1.29, 1.82) is 0 Å². The molecule has 9 nitrogen and oxygen atoms in total. The van der Waals surface area contributed by atoms with Crippen LogP contribution in [0.5, 0.6) is 0 Å². The number of nitrogens with zero attached hydrogens (tertiary/aromatic N) is 3. The van der Waals surface area contributed by atoms with E-state index in [1.165, 1.54) is 12.1 Å². The fourth-order valence-electron chi connectivity index (χ4n) is 4.39. The second kappa shape index (κ2) is 12.4. The van der Waals surface area contributed by atoms with E-state index in [9.17, 15) is 18.4 Å². The molecule has 0 saturated heterocycles. The lowest BCUT2D eigenvalue weighted by atomic mass is 9.97. The Labute approximate surface area is 232 Å². The predicted octanol–water partition coefficient (Wildman–Crippen LogP) is 5.03. The molecule has 212 valence electrons. The van der Waals surface area contributed by atoms with Gasteiger partial charge in [-0.2, -0.15) is 4.98 Å². The fraction of sp³-hybridized carbons (Fsp3) is 0.379. The molecule has 3 aromatic rings. The van der Waals surface area contributed by atoms with Gasteiger partial charge in [-0.1, -0.05) is 26.0 Å². The van der Waals surface area contributed by atoms with E-state index < -0.39 is 17.7 Å². The summed E-state index contributed by atoms with van der Waals surface area (Å²) in [7, 11) is 0. The Hall–Kier alpha value is -4.12. The van der Waals surface area contributed by atoms with Gasteiger partial charge >= 0.3 is 6.03 Å². The van der Waals surface area contributed by atoms with Gasteiger partial charge < -0.3 is 21.3 Å². The first-order valence-corrected chi connectivity index (χ1v) is 13.4. The minimum Gasteiger partial charge on any atom is -0.354 e. The summed E-state index contributed by atoms with van der Waals surface area (Å²) in [4.78, 5) is 36.2. The molecular formula is C29H35F2N7O2. The zero-order valence-corrected chi connectivity index (χ0v) is 23.4. The highest BCUT2D eigenvalue weighted by Crippen LogP contribution is 2.38. The van der Waals surface area contributed by atoms with Gasteiger partial charge in [-0.3, -0.25) is 4.79 Å². The Morgan fingerprint density at radius 2 is 1.85 bits per heavy atom. The molecule has 2 aromatic carbocycles. The summed E-state index contributed by atoms with van der Waals surface area (Å²) >= 11 is 0. The van der Waals surface area contributed by atoms with Gasteiger partial charge in [0, 0.05) is 35.3 Å². The van der Waals surface area contributed by atoms with Crippen LogP contribution in [-0.2, 0) is 6.54 Å². The van der Waals surface area contributed by atoms with Crippen molar-refractivity contribution < 1.29 is 18.4 Å². The van der Waals surface area contributed by atoms with Crippen LogP contribution in [0.3, 0.4) is 0 Å². The predicted molar refractivity (Wildman–Crippen MR) is 152 cm³/mol. The number of hydrogen-bond donors (Lipinski definition) is 4. The van der Waals surface area contributed by atoms with E-state index in [0.717, 1.165) is 29.5 Å². The lowest BCUT2D eigenvalue weighted by molar-refractivity contribution is 0.0943. The second-order valence-corrected chi connectivity index (χ2v) is 10.3. The Bertz CT molecular complexity index is 1410. The molecule has 0 unspecified atom stereocenters. The average Bonchev–Trinajstić information content (AvgIpc) is 2.89. The van der Waals surface area contributed by atoms with Crippen LogP contribution in [0.4, 0.5) is 31.0 Å². The number of anilines is 3. The van der Waals surface area contributed by atoms with Crippen LogP contribution in [0.25, 0.3) is 11.3 Å². The van der Waals surface area contributed by atoms with Crippen molar-refractivity contribution in [2.75, 3.05) is 23.3 Å². The summed E-state index contributed by atoms with van der Waals surface area (Å²) in [5.41, 5.74) is 2.68. The maximum Gasteiger partial charge on any atom is 0.328 e. The number of amides is 3. The normalized spacial score (nSPS) is 12.9. The number of aromatic nitrogens is 2. The molecule has 0 bridgehead atoms. The van der Waals surface area contributed by atoms with Gasteiger partial charge in [0.1, 0.15) is 0 Å². The molecule has 11 heteroatoms. The summed E-state index contributed by atoms with van der Waals surface area (Å²) in [5.74, 6) is -2.11. The fourth-order valence-corrected chi connectivity index (χ4v) is 4.39. The molecule has 0 radical (unpaired) electrons. The molecule has 2 heterocycles. The van der Waals surface area contributed by atoms with Gasteiger partial charge in [-0.25, -0.2) is 23.5 Å². The van der Waals surface area contributed by atoms with Gasteiger partial charge in [0.25, 0.3) is 5.91 Å². The average molecular weight is 552 g/mol. The van der Waals surface area contributed by atoms with Crippen LogP contribution in [-0.4, -0.2) is 47.1 Å². The summed E-state index contributed by atoms with van der Waals surface area (Å²) in [6.07, 6.45) is 0.778. The van der Waals surface area contributed by atoms with E-state index in [0.29, 0.717) is 35.0 Å². The molecule has 0 aliphatic carbocycles. The number of carbonyl (C=O) groups is 2. The second-order valence-electron chi connectivity index (χ2n) is 10.3. The Balaban J connectivity index is 1.84. The Morgan fingerprint density at radius 1 is 1.07 bits per heavy atom. The standard InChI is InChI=1S/C29H35F2N7O2/c1-16(2)32-12-7-13-33-28-36-25(20-14-19(11-10-18(20)5)27(39)35-17(3)4)21-15-34-29(40)38(26(21)37-28)23-9-6-8-22(30)24(23)31/h6,8-11,14,16-17,32H,7,12-13,15H2,1-5H3,(H,34,40)(H,35,39)(H,33,36,37). The third-order valence-electron chi connectivity index (χ3n) is 6.35. The first-order valence-electron chi connectivity index (χ1n) is 13.4. The zero-order chi connectivity index (χ0) is 29.0. The Morgan fingerprint density at radius 3 is 2.58 bits per heavy atom. The third-order valence-corrected chi connectivity index (χ3v) is 6.35. The van der Waals surface area contributed by atoms with Crippen molar-refractivity contribution in [3.63, 3.8) is 0 Å². The summed E-state index contributed by atoms with van der Waals surface area (Å²) < 4.78 is 29.1. The highest BCUT2D eigenvalue weighted by atomic mass is 19.2. The Kier molecular flexibility index (Phi) is 8.93. The lowest BCUT2D eigenvalue weighted by Crippen LogP contribution is -2.42. The van der Waals surface area contributed by atoms with Gasteiger partial charge in [-0.05, 0) is 63.6 Å². The molecule has 0 atom stereocenters. The molecule has 4 N–H and O–H groups in total. The van der Waals surface area contributed by atoms with Crippen molar-refractivity contribution >= 4 is 29.4 Å². The van der Waals surface area contributed by atoms with Crippen LogP contribution >= 0.6 is 0 Å². The molecule has 40 heavy (non-hydrogen) atoms. The number of nitrogens with one attached hydrogen (secondary N) is 4. The number of hydrogen-bond acceptors (Lipinski definition) is 6. The number of carbonyl (C=O) groups excluding carboxylic acids is 2. The zero-order valence-electron chi connectivity index (χ0n) is 23.4. The van der Waals surface area contributed by atoms with E-state index in [2.05, 4.69) is 40.1 Å². The number of rotatable bonds is 10. The van der Waals surface area contributed by atoms with E-state index in [-0.39, 0.29) is 35.9 Å². The molecule has 1 aliphatic heterocycles. The van der Waals surface area contributed by atoms with E-state index in [1.807, 2.05) is 26.8 Å². The number of benzene rings is 2. The van der Waals surface area contributed by atoms with Crippen LogP contribution in [0.2, 0.25) is 0 Å². The maximum absolute atomic E-state index is 14.9. The van der Waals surface area contributed by atoms with Crippen molar-refractivity contribution in [1.82, 2.24) is 25.9 Å². The van der Waals surface area contributed by atoms with Gasteiger partial charge in [0.05, 0.1) is 17.9 Å². The molecule has 1 aromatic heterocycles. The van der Waals surface area contributed by atoms with Crippen LogP contribution in [0.15, 0.2) is 36.4 Å². The topological polar surface area (TPSA) is 111 Å². The molecule has 0 saturated carbocycles. The number of urea groups is 1. The smallest absolute Gasteiger partial charge is 0.328 e. The monoisotopic (exact) mass is 551 g/mol. The summed E-state index contributed by atoms with van der Waals surface area (Å²) in [6.45, 7) is 11.2. The van der Waals surface area contributed by atoms with E-state index in [4.69, 9.17) is 4.98 Å². The van der Waals surface area contributed by atoms with Crippen LogP contribution in [0, 0.1) is 18.6 Å². The molecule has 3 amide bonds. The summed E-state index contributed by atoms with van der Waals surface area (Å²) in [6, 6.07) is 8.61. The third kappa shape index (κ3) is 6.36. The summed E-state index contributed by atoms with van der Waals surface area (Å²) in [5, 5.41) is 12.2. The van der Waals surface area contributed by atoms with Crippen molar-refractivity contribution in [3.05, 3.63) is 64.7 Å². The molecule has 4 rings (SSSR count). The van der Waals surface area contributed by atoms with Crippen molar-refractivity contribution in [2.45, 2.75) is 59.7 Å². The van der Waals surface area contributed by atoms with Crippen molar-refractivity contribution in [2.24, 2.45) is 0 Å². The maximum atomic E-state index is 14.9. The highest BCUT2D eigenvalue weighted by Gasteiger charge is 2.33. The SMILES string of the molecule is Cc1ccc(C(=O)NC(C)C)cc1-c1nc(NCCCNC(C)C)nc2c1CNC(=O)N2c1cccc(F)c1F. The first kappa shape index (κ1) is 28.9. The molecule has 0 spiro atoms. The quantitative estimate of drug-likeness (QED) is 0.263.